The van der Waals surface area contributed by atoms with Gasteiger partial charge in [0, 0.05) is 36.2 Å². The van der Waals surface area contributed by atoms with Gasteiger partial charge in [0.1, 0.15) is 11.5 Å². The number of pyridine rings is 1. The van der Waals surface area contributed by atoms with Crippen LogP contribution in [0, 0.1) is 0 Å². The van der Waals surface area contributed by atoms with Crippen LogP contribution in [0.4, 0.5) is 11.4 Å². The summed E-state index contributed by atoms with van der Waals surface area (Å²) in [6, 6.07) is 17.5. The van der Waals surface area contributed by atoms with E-state index in [1.54, 1.807) is 67.0 Å². The molecule has 0 aliphatic carbocycles. The topological polar surface area (TPSA) is 92.8 Å². The van der Waals surface area contributed by atoms with Crippen molar-refractivity contribution in [3.05, 3.63) is 78.6 Å². The van der Waals surface area contributed by atoms with Crippen LogP contribution in [-0.2, 0) is 9.53 Å². The molecule has 0 atom stereocenters. The first kappa shape index (κ1) is 21.5. The van der Waals surface area contributed by atoms with E-state index in [9.17, 15) is 9.59 Å². The molecule has 1 aliphatic heterocycles. The molecule has 0 unspecified atom stereocenters. The monoisotopic (exact) mass is 432 g/mol. The number of hydrogen-bond acceptors (Lipinski definition) is 6. The zero-order valence-corrected chi connectivity index (χ0v) is 17.5. The molecule has 1 aliphatic rings. The Balaban J connectivity index is 1.28. The third-order valence-corrected chi connectivity index (χ3v) is 4.88. The van der Waals surface area contributed by atoms with Gasteiger partial charge in [-0.25, -0.2) is 0 Å². The highest BCUT2D eigenvalue weighted by atomic mass is 16.5. The highest BCUT2D eigenvalue weighted by Crippen LogP contribution is 2.21. The summed E-state index contributed by atoms with van der Waals surface area (Å²) in [4.78, 5) is 30.8. The number of amides is 2. The molecule has 0 bridgehead atoms. The Morgan fingerprint density at radius 2 is 1.59 bits per heavy atom. The molecule has 0 saturated carbocycles. The fourth-order valence-electron chi connectivity index (χ4n) is 3.22. The molecular weight excluding hydrogens is 408 g/mol. The Bertz CT molecular complexity index is 1030. The maximum absolute atomic E-state index is 12.5. The van der Waals surface area contributed by atoms with Crippen molar-refractivity contribution in [1.29, 1.82) is 0 Å². The second-order valence-electron chi connectivity index (χ2n) is 7.28. The predicted molar refractivity (Wildman–Crippen MR) is 121 cm³/mol. The summed E-state index contributed by atoms with van der Waals surface area (Å²) in [5.41, 5.74) is 1.82. The number of anilines is 2. The minimum absolute atomic E-state index is 0.0720. The number of rotatable bonds is 7. The molecule has 8 heteroatoms. The second kappa shape index (κ2) is 10.5. The van der Waals surface area contributed by atoms with Crippen molar-refractivity contribution in [1.82, 2.24) is 9.88 Å². The Hall–Kier alpha value is -3.75. The van der Waals surface area contributed by atoms with Crippen LogP contribution in [0.2, 0.25) is 0 Å². The first-order chi connectivity index (χ1) is 15.7. The van der Waals surface area contributed by atoms with E-state index in [1.165, 1.54) is 0 Å². The number of ether oxygens (including phenoxy) is 2. The molecule has 0 spiro atoms. The summed E-state index contributed by atoms with van der Waals surface area (Å²) >= 11 is 0. The molecule has 4 rings (SSSR count). The lowest BCUT2D eigenvalue weighted by molar-refractivity contribution is -0.118. The summed E-state index contributed by atoms with van der Waals surface area (Å²) in [5.74, 6) is 0.938. The average molecular weight is 432 g/mol. The molecular formula is C24H24N4O4. The first-order valence-corrected chi connectivity index (χ1v) is 10.3. The predicted octanol–water partition coefficient (Wildman–Crippen LogP) is 3.40. The van der Waals surface area contributed by atoms with Gasteiger partial charge in [0.2, 0.25) is 5.91 Å². The number of hydrogen-bond donors (Lipinski definition) is 2. The van der Waals surface area contributed by atoms with Crippen molar-refractivity contribution >= 4 is 23.2 Å². The molecule has 32 heavy (non-hydrogen) atoms. The van der Waals surface area contributed by atoms with Crippen molar-refractivity contribution < 1.29 is 19.1 Å². The molecule has 2 N–H and O–H groups in total. The fourth-order valence-corrected chi connectivity index (χ4v) is 3.22. The number of aromatic nitrogens is 1. The van der Waals surface area contributed by atoms with Crippen LogP contribution in [-0.4, -0.2) is 54.5 Å². The normalized spacial score (nSPS) is 13.9. The van der Waals surface area contributed by atoms with Crippen LogP contribution in [0.5, 0.6) is 11.5 Å². The third kappa shape index (κ3) is 6.13. The van der Waals surface area contributed by atoms with Crippen molar-refractivity contribution in [3.8, 4) is 11.5 Å². The van der Waals surface area contributed by atoms with E-state index in [2.05, 4.69) is 20.5 Å². The van der Waals surface area contributed by atoms with Gasteiger partial charge in [-0.3, -0.25) is 19.5 Å². The summed E-state index contributed by atoms with van der Waals surface area (Å²) in [6.45, 7) is 3.16. The Morgan fingerprint density at radius 3 is 2.25 bits per heavy atom. The van der Waals surface area contributed by atoms with Gasteiger partial charge in [0.25, 0.3) is 5.91 Å². The van der Waals surface area contributed by atoms with Crippen LogP contribution in [0.3, 0.4) is 0 Å². The smallest absolute Gasteiger partial charge is 0.255 e. The number of carbonyl (C=O) groups excluding carboxylic acids is 2. The largest absolute Gasteiger partial charge is 0.456 e. The van der Waals surface area contributed by atoms with Gasteiger partial charge in [0.05, 0.1) is 26.0 Å². The molecule has 2 amide bonds. The van der Waals surface area contributed by atoms with Crippen molar-refractivity contribution in [2.75, 3.05) is 43.5 Å². The Labute approximate surface area is 186 Å². The number of nitrogens with zero attached hydrogens (tertiary/aromatic N) is 2. The molecule has 2 aromatic carbocycles. The molecule has 8 nitrogen and oxygen atoms in total. The molecule has 2 heterocycles. The van der Waals surface area contributed by atoms with Crippen LogP contribution in [0.25, 0.3) is 0 Å². The van der Waals surface area contributed by atoms with E-state index in [1.807, 2.05) is 6.07 Å². The van der Waals surface area contributed by atoms with Gasteiger partial charge < -0.3 is 20.1 Å². The fraction of sp³-hybridized carbons (Fsp3) is 0.208. The maximum atomic E-state index is 12.5. The quantitative estimate of drug-likeness (QED) is 0.595. The lowest BCUT2D eigenvalue weighted by Crippen LogP contribution is -2.41. The van der Waals surface area contributed by atoms with Crippen LogP contribution in [0.1, 0.15) is 10.4 Å². The first-order valence-electron chi connectivity index (χ1n) is 10.3. The summed E-state index contributed by atoms with van der Waals surface area (Å²) in [6.07, 6.45) is 3.29. The molecule has 0 radical (unpaired) electrons. The van der Waals surface area contributed by atoms with Gasteiger partial charge in [-0.05, 0) is 60.7 Å². The lowest BCUT2D eigenvalue weighted by Gasteiger charge is -2.25. The van der Waals surface area contributed by atoms with E-state index >= 15 is 0 Å². The Kier molecular flexibility index (Phi) is 7.06. The van der Waals surface area contributed by atoms with Crippen molar-refractivity contribution in [2.45, 2.75) is 0 Å². The van der Waals surface area contributed by atoms with Gasteiger partial charge >= 0.3 is 0 Å². The summed E-state index contributed by atoms with van der Waals surface area (Å²) < 4.78 is 11.0. The van der Waals surface area contributed by atoms with E-state index in [4.69, 9.17) is 9.47 Å². The number of morpholine rings is 1. The van der Waals surface area contributed by atoms with E-state index in [0.717, 1.165) is 13.1 Å². The lowest BCUT2D eigenvalue weighted by atomic mass is 10.2. The zero-order chi connectivity index (χ0) is 22.2. The number of nitrogens with one attached hydrogen (secondary N) is 2. The van der Waals surface area contributed by atoms with Gasteiger partial charge in [-0.15, -0.1) is 0 Å². The van der Waals surface area contributed by atoms with Crippen molar-refractivity contribution in [3.63, 3.8) is 0 Å². The van der Waals surface area contributed by atoms with E-state index in [-0.39, 0.29) is 11.8 Å². The minimum Gasteiger partial charge on any atom is -0.456 e. The molecule has 164 valence electrons. The molecule has 3 aromatic rings. The van der Waals surface area contributed by atoms with Gasteiger partial charge in [-0.2, -0.15) is 0 Å². The highest BCUT2D eigenvalue weighted by molar-refractivity contribution is 6.04. The van der Waals surface area contributed by atoms with Crippen LogP contribution in [0.15, 0.2) is 73.1 Å². The van der Waals surface area contributed by atoms with E-state index < -0.39 is 0 Å². The SMILES string of the molecule is O=C(CN1CCOCC1)Nc1ccc(NC(=O)c2ccc(Oc3cccnc3)cc2)cc1. The summed E-state index contributed by atoms with van der Waals surface area (Å²) in [7, 11) is 0. The van der Waals surface area contributed by atoms with Crippen LogP contribution < -0.4 is 15.4 Å². The summed E-state index contributed by atoms with van der Waals surface area (Å²) in [5, 5.41) is 5.72. The average Bonchev–Trinajstić information content (AvgIpc) is 2.82. The van der Waals surface area contributed by atoms with Crippen LogP contribution >= 0.6 is 0 Å². The zero-order valence-electron chi connectivity index (χ0n) is 17.5. The Morgan fingerprint density at radius 1 is 0.906 bits per heavy atom. The minimum atomic E-state index is -0.234. The molecule has 1 fully saturated rings. The highest BCUT2D eigenvalue weighted by Gasteiger charge is 2.14. The molecule has 1 aromatic heterocycles. The van der Waals surface area contributed by atoms with Gasteiger partial charge in [-0.1, -0.05) is 0 Å². The number of carbonyl (C=O) groups is 2. The third-order valence-electron chi connectivity index (χ3n) is 4.88. The second-order valence-corrected chi connectivity index (χ2v) is 7.28. The van der Waals surface area contributed by atoms with E-state index in [0.29, 0.717) is 48.2 Å². The van der Waals surface area contributed by atoms with Crippen molar-refractivity contribution in [2.24, 2.45) is 0 Å². The maximum Gasteiger partial charge on any atom is 0.255 e. The van der Waals surface area contributed by atoms with Gasteiger partial charge in [0.15, 0.2) is 0 Å². The molecule has 1 saturated heterocycles. The standard InChI is InChI=1S/C24H24N4O4/c29-23(17-28-12-14-31-15-13-28)26-19-5-7-20(8-6-19)27-24(30)18-3-9-21(10-4-18)32-22-2-1-11-25-16-22/h1-11,16H,12-15,17H2,(H,26,29)(H,27,30). The number of benzene rings is 2.